The van der Waals surface area contributed by atoms with E-state index < -0.39 is 0 Å². The third kappa shape index (κ3) is 0.936. The zero-order valence-corrected chi connectivity index (χ0v) is 5.78. The van der Waals surface area contributed by atoms with Crippen molar-refractivity contribution >= 4 is 0 Å². The Kier molecular flexibility index (Phi) is 1.41. The van der Waals surface area contributed by atoms with Crippen LogP contribution in [0, 0.1) is 11.8 Å². The molecule has 8 heavy (non-hydrogen) atoms. The van der Waals surface area contributed by atoms with E-state index in [2.05, 4.69) is 20.4 Å². The molecule has 2 atom stereocenters. The van der Waals surface area contributed by atoms with Gasteiger partial charge in [0.25, 0.3) is 0 Å². The van der Waals surface area contributed by atoms with Crippen LogP contribution in [0.3, 0.4) is 0 Å². The van der Waals surface area contributed by atoms with Crippen molar-refractivity contribution in [1.29, 1.82) is 0 Å². The number of rotatable bonds is 0. The lowest BCUT2D eigenvalue weighted by Gasteiger charge is -2.04. The van der Waals surface area contributed by atoms with E-state index in [1.165, 1.54) is 18.4 Å². The van der Waals surface area contributed by atoms with E-state index in [-0.39, 0.29) is 0 Å². The molecule has 0 saturated heterocycles. The average molecular weight is 110 g/mol. The molecule has 1 fully saturated rings. The Hall–Kier alpha value is -0.260. The van der Waals surface area contributed by atoms with E-state index >= 15 is 0 Å². The second-order valence-electron chi connectivity index (χ2n) is 3.11. The quantitative estimate of drug-likeness (QED) is 0.420. The Balaban J connectivity index is 2.51. The summed E-state index contributed by atoms with van der Waals surface area (Å²) in [4.78, 5) is 0. The second-order valence-corrected chi connectivity index (χ2v) is 3.11. The highest BCUT2D eigenvalue weighted by atomic mass is 14.3. The highest BCUT2D eigenvalue weighted by molar-refractivity contribution is 5.03. The molecule has 0 heterocycles. The lowest BCUT2D eigenvalue weighted by atomic mass is 10.0. The van der Waals surface area contributed by atoms with Crippen molar-refractivity contribution < 1.29 is 0 Å². The van der Waals surface area contributed by atoms with Crippen LogP contribution in [0.25, 0.3) is 0 Å². The Bertz CT molecular complexity index is 90.6. The normalized spacial score (nSPS) is 38.5. The largest absolute Gasteiger partial charge is 0.0998 e. The van der Waals surface area contributed by atoms with E-state index in [1.54, 1.807) is 0 Å². The first kappa shape index (κ1) is 5.87. The maximum Gasteiger partial charge on any atom is -0.0294 e. The summed E-state index contributed by atoms with van der Waals surface area (Å²) in [6, 6.07) is 0. The van der Waals surface area contributed by atoms with Crippen LogP contribution in [0.2, 0.25) is 0 Å². The zero-order valence-electron chi connectivity index (χ0n) is 5.78. The van der Waals surface area contributed by atoms with Gasteiger partial charge in [0.1, 0.15) is 0 Å². The fraction of sp³-hybridized carbons (Fsp3) is 0.750. The minimum atomic E-state index is 0.891. The minimum absolute atomic E-state index is 0.891. The Morgan fingerprint density at radius 2 is 1.62 bits per heavy atom. The van der Waals surface area contributed by atoms with Crippen molar-refractivity contribution in [1.82, 2.24) is 0 Å². The molecule has 0 radical (unpaired) electrons. The van der Waals surface area contributed by atoms with Crippen molar-refractivity contribution in [3.8, 4) is 0 Å². The summed E-state index contributed by atoms with van der Waals surface area (Å²) in [5, 5.41) is 0. The average Bonchev–Trinajstić information content (AvgIpc) is 1.85. The highest BCUT2D eigenvalue weighted by Crippen LogP contribution is 2.33. The molecule has 1 aliphatic rings. The molecule has 0 N–H and O–H groups in total. The van der Waals surface area contributed by atoms with Crippen LogP contribution < -0.4 is 0 Å². The standard InChI is InChI=1S/C8H14/c1-6-4-7(2)8(3)5-6/h7-8H,1,4-5H2,2-3H3/t7-,8-/m0/s1. The number of allylic oxidation sites excluding steroid dienone is 1. The lowest BCUT2D eigenvalue weighted by Crippen LogP contribution is -1.95. The molecule has 0 aromatic rings. The molecule has 1 rings (SSSR count). The van der Waals surface area contributed by atoms with Crippen molar-refractivity contribution in [3.05, 3.63) is 12.2 Å². The molecule has 46 valence electrons. The Morgan fingerprint density at radius 1 is 1.25 bits per heavy atom. The van der Waals surface area contributed by atoms with Gasteiger partial charge in [0.2, 0.25) is 0 Å². The van der Waals surface area contributed by atoms with E-state index in [0.717, 1.165) is 11.8 Å². The third-order valence-electron chi connectivity index (χ3n) is 2.19. The summed E-state index contributed by atoms with van der Waals surface area (Å²) < 4.78 is 0. The van der Waals surface area contributed by atoms with Gasteiger partial charge in [-0.1, -0.05) is 26.0 Å². The molecule has 1 saturated carbocycles. The van der Waals surface area contributed by atoms with Gasteiger partial charge in [0, 0.05) is 0 Å². The third-order valence-corrected chi connectivity index (χ3v) is 2.19. The molecule has 0 aromatic heterocycles. The van der Waals surface area contributed by atoms with E-state index in [9.17, 15) is 0 Å². The van der Waals surface area contributed by atoms with Crippen molar-refractivity contribution in [2.24, 2.45) is 11.8 Å². The summed E-state index contributed by atoms with van der Waals surface area (Å²) in [5.41, 5.74) is 1.45. The smallest absolute Gasteiger partial charge is 0.0294 e. The lowest BCUT2D eigenvalue weighted by molar-refractivity contribution is 0.457. The van der Waals surface area contributed by atoms with Crippen LogP contribution in [0.4, 0.5) is 0 Å². The van der Waals surface area contributed by atoms with Crippen LogP contribution in [0.15, 0.2) is 12.2 Å². The highest BCUT2D eigenvalue weighted by Gasteiger charge is 2.20. The maximum absolute atomic E-state index is 3.96. The predicted octanol–water partition coefficient (Wildman–Crippen LogP) is 2.61. The first-order chi connectivity index (χ1) is 3.70. The molecule has 0 bridgehead atoms. The monoisotopic (exact) mass is 110 g/mol. The summed E-state index contributed by atoms with van der Waals surface area (Å²) in [6.45, 7) is 8.57. The van der Waals surface area contributed by atoms with Gasteiger partial charge in [-0.25, -0.2) is 0 Å². The molecule has 0 aliphatic heterocycles. The molecule has 0 aromatic carbocycles. The first-order valence-electron chi connectivity index (χ1n) is 3.37. The molecular formula is C8H14. The van der Waals surface area contributed by atoms with E-state index in [4.69, 9.17) is 0 Å². The van der Waals surface area contributed by atoms with Gasteiger partial charge in [0.05, 0.1) is 0 Å². The Morgan fingerprint density at radius 3 is 1.75 bits per heavy atom. The molecular weight excluding hydrogens is 96.1 g/mol. The molecule has 1 aliphatic carbocycles. The van der Waals surface area contributed by atoms with Crippen molar-refractivity contribution in [2.75, 3.05) is 0 Å². The van der Waals surface area contributed by atoms with Crippen LogP contribution in [0.1, 0.15) is 26.7 Å². The van der Waals surface area contributed by atoms with Gasteiger partial charge in [0.15, 0.2) is 0 Å². The zero-order chi connectivity index (χ0) is 6.15. The molecule has 0 spiro atoms. The summed E-state index contributed by atoms with van der Waals surface area (Å²) >= 11 is 0. The summed E-state index contributed by atoms with van der Waals surface area (Å²) in [5.74, 6) is 1.78. The maximum atomic E-state index is 3.96. The van der Waals surface area contributed by atoms with Crippen LogP contribution in [-0.2, 0) is 0 Å². The molecule has 0 heteroatoms. The topological polar surface area (TPSA) is 0 Å². The summed E-state index contributed by atoms with van der Waals surface area (Å²) in [6.07, 6.45) is 2.53. The Labute approximate surface area is 51.6 Å². The number of hydrogen-bond acceptors (Lipinski definition) is 0. The molecule has 0 amide bonds. The fourth-order valence-corrected chi connectivity index (χ4v) is 1.40. The van der Waals surface area contributed by atoms with Crippen LogP contribution in [-0.4, -0.2) is 0 Å². The molecule has 0 unspecified atom stereocenters. The van der Waals surface area contributed by atoms with Gasteiger partial charge in [-0.15, -0.1) is 0 Å². The van der Waals surface area contributed by atoms with E-state index in [0.29, 0.717) is 0 Å². The van der Waals surface area contributed by atoms with Gasteiger partial charge < -0.3 is 0 Å². The van der Waals surface area contributed by atoms with Crippen LogP contribution >= 0.6 is 0 Å². The predicted molar refractivity (Wildman–Crippen MR) is 36.7 cm³/mol. The van der Waals surface area contributed by atoms with Crippen LogP contribution in [0.5, 0.6) is 0 Å². The summed E-state index contributed by atoms with van der Waals surface area (Å²) in [7, 11) is 0. The van der Waals surface area contributed by atoms with Gasteiger partial charge in [-0.05, 0) is 24.7 Å². The first-order valence-corrected chi connectivity index (χ1v) is 3.37. The minimum Gasteiger partial charge on any atom is -0.0998 e. The molecule has 0 nitrogen and oxygen atoms in total. The number of hydrogen-bond donors (Lipinski definition) is 0. The van der Waals surface area contributed by atoms with Gasteiger partial charge >= 0.3 is 0 Å². The van der Waals surface area contributed by atoms with Crippen molar-refractivity contribution in [3.63, 3.8) is 0 Å². The SMILES string of the molecule is C=C1C[C@H](C)[C@@H](C)C1. The second kappa shape index (κ2) is 1.93. The fourth-order valence-electron chi connectivity index (χ4n) is 1.40. The van der Waals surface area contributed by atoms with Gasteiger partial charge in [-0.3, -0.25) is 0 Å². The van der Waals surface area contributed by atoms with Gasteiger partial charge in [-0.2, -0.15) is 0 Å². The van der Waals surface area contributed by atoms with Crippen molar-refractivity contribution in [2.45, 2.75) is 26.7 Å². The van der Waals surface area contributed by atoms with E-state index in [1.807, 2.05) is 0 Å².